The summed E-state index contributed by atoms with van der Waals surface area (Å²) in [6.45, 7) is 0. The van der Waals surface area contributed by atoms with E-state index in [2.05, 4.69) is 4.99 Å². The lowest BCUT2D eigenvalue weighted by Gasteiger charge is -1.99. The number of hydrogen-bond donors (Lipinski definition) is 2. The zero-order valence-corrected chi connectivity index (χ0v) is 6.94. The van der Waals surface area contributed by atoms with Gasteiger partial charge in [0.1, 0.15) is 6.34 Å². The topological polar surface area (TPSA) is 68.4 Å². The number of nitrogens with zero attached hydrogens (tertiary/aromatic N) is 2. The van der Waals surface area contributed by atoms with Crippen LogP contribution in [-0.2, 0) is 6.42 Å². The van der Waals surface area contributed by atoms with Crippen molar-refractivity contribution in [3.63, 3.8) is 0 Å². The van der Waals surface area contributed by atoms with Gasteiger partial charge in [-0.25, -0.2) is 4.99 Å². The van der Waals surface area contributed by atoms with Gasteiger partial charge in [0.15, 0.2) is 0 Å². The Morgan fingerprint density at radius 3 is 3.00 bits per heavy atom. The summed E-state index contributed by atoms with van der Waals surface area (Å²) < 4.78 is 0. The van der Waals surface area contributed by atoms with Crippen molar-refractivity contribution in [3.8, 4) is 6.07 Å². The number of nitrogens with one attached hydrogen (secondary N) is 1. The lowest BCUT2D eigenvalue weighted by Crippen LogP contribution is -2.01. The molecule has 0 saturated carbocycles. The number of para-hydroxylation sites is 1. The molecule has 0 atom stereocenters. The van der Waals surface area contributed by atoms with E-state index in [1.807, 2.05) is 29.7 Å². The highest BCUT2D eigenvalue weighted by Crippen LogP contribution is 2.17. The van der Waals surface area contributed by atoms with Crippen LogP contribution in [0.2, 0.25) is 0 Å². The molecule has 0 aliphatic carbocycles. The molecule has 1 aromatic carbocycles. The molecule has 0 unspecified atom stereocenters. The SMILES string of the molecule is N#CCc1ccccc1N=CNO. The fraction of sp³-hybridized carbons (Fsp3) is 0.111. The van der Waals surface area contributed by atoms with Gasteiger partial charge in [0.05, 0.1) is 18.2 Å². The Bertz CT molecular complexity index is 341. The molecule has 0 aliphatic heterocycles. The first kappa shape index (κ1) is 9.23. The summed E-state index contributed by atoms with van der Waals surface area (Å²) in [5, 5.41) is 16.8. The van der Waals surface area contributed by atoms with E-state index in [0.29, 0.717) is 12.1 Å². The van der Waals surface area contributed by atoms with E-state index >= 15 is 0 Å². The van der Waals surface area contributed by atoms with Crippen LogP contribution < -0.4 is 5.48 Å². The molecule has 0 heterocycles. The molecule has 13 heavy (non-hydrogen) atoms. The summed E-state index contributed by atoms with van der Waals surface area (Å²) >= 11 is 0. The van der Waals surface area contributed by atoms with E-state index in [1.165, 1.54) is 0 Å². The molecule has 0 radical (unpaired) electrons. The van der Waals surface area contributed by atoms with Crippen molar-refractivity contribution in [2.75, 3.05) is 0 Å². The van der Waals surface area contributed by atoms with Crippen molar-refractivity contribution >= 4 is 12.0 Å². The summed E-state index contributed by atoms with van der Waals surface area (Å²) in [6, 6.07) is 9.32. The van der Waals surface area contributed by atoms with Crippen LogP contribution in [0.5, 0.6) is 0 Å². The Hall–Kier alpha value is -1.86. The number of aliphatic imine (C=N–C) groups is 1. The van der Waals surface area contributed by atoms with Gasteiger partial charge in [-0.15, -0.1) is 0 Å². The van der Waals surface area contributed by atoms with E-state index in [0.717, 1.165) is 11.9 Å². The minimum Gasteiger partial charge on any atom is -0.290 e. The normalized spacial score (nSPS) is 9.85. The fourth-order valence-electron chi connectivity index (χ4n) is 0.970. The van der Waals surface area contributed by atoms with Crippen LogP contribution in [0.4, 0.5) is 5.69 Å². The van der Waals surface area contributed by atoms with Gasteiger partial charge in [0.25, 0.3) is 0 Å². The molecule has 0 aromatic heterocycles. The van der Waals surface area contributed by atoms with Crippen molar-refractivity contribution in [2.45, 2.75) is 6.42 Å². The van der Waals surface area contributed by atoms with E-state index in [1.54, 1.807) is 6.07 Å². The highest BCUT2D eigenvalue weighted by atomic mass is 16.5. The van der Waals surface area contributed by atoms with Crippen LogP contribution >= 0.6 is 0 Å². The quantitative estimate of drug-likeness (QED) is 0.414. The van der Waals surface area contributed by atoms with Gasteiger partial charge in [-0.05, 0) is 11.6 Å². The third-order valence-electron chi connectivity index (χ3n) is 1.52. The number of hydrogen-bond acceptors (Lipinski definition) is 3. The first-order valence-electron chi connectivity index (χ1n) is 3.75. The fourth-order valence-corrected chi connectivity index (χ4v) is 0.970. The van der Waals surface area contributed by atoms with E-state index < -0.39 is 0 Å². The van der Waals surface area contributed by atoms with Gasteiger partial charge >= 0.3 is 0 Å². The minimum absolute atomic E-state index is 0.318. The van der Waals surface area contributed by atoms with Gasteiger partial charge < -0.3 is 0 Å². The van der Waals surface area contributed by atoms with E-state index in [9.17, 15) is 0 Å². The first-order valence-corrected chi connectivity index (χ1v) is 3.75. The molecular formula is C9H9N3O. The molecule has 0 amide bonds. The Balaban J connectivity index is 2.92. The van der Waals surface area contributed by atoms with E-state index in [-0.39, 0.29) is 0 Å². The van der Waals surface area contributed by atoms with Crippen LogP contribution in [-0.4, -0.2) is 11.5 Å². The summed E-state index contributed by atoms with van der Waals surface area (Å²) in [7, 11) is 0. The highest BCUT2D eigenvalue weighted by Gasteiger charge is 1.97. The minimum atomic E-state index is 0.318. The molecule has 0 bridgehead atoms. The summed E-state index contributed by atoms with van der Waals surface area (Å²) in [4.78, 5) is 3.91. The lowest BCUT2D eigenvalue weighted by atomic mass is 10.1. The van der Waals surface area contributed by atoms with Crippen molar-refractivity contribution in [3.05, 3.63) is 29.8 Å². The van der Waals surface area contributed by atoms with Crippen molar-refractivity contribution < 1.29 is 5.21 Å². The predicted molar refractivity (Wildman–Crippen MR) is 48.8 cm³/mol. The Morgan fingerprint density at radius 2 is 2.31 bits per heavy atom. The largest absolute Gasteiger partial charge is 0.290 e. The first-order chi connectivity index (χ1) is 6.38. The summed E-state index contributed by atoms with van der Waals surface area (Å²) in [5.74, 6) is 0. The molecular weight excluding hydrogens is 166 g/mol. The number of nitriles is 1. The van der Waals surface area contributed by atoms with Crippen LogP contribution in [0.1, 0.15) is 5.56 Å². The highest BCUT2D eigenvalue weighted by molar-refractivity contribution is 5.61. The Labute approximate surface area is 76.1 Å². The Kier molecular flexibility index (Phi) is 3.48. The standard InChI is InChI=1S/C9H9N3O/c10-6-5-8-3-1-2-4-9(8)11-7-12-13/h1-4,7,13H,5H2,(H,11,12). The van der Waals surface area contributed by atoms with Gasteiger partial charge in [-0.2, -0.15) is 5.26 Å². The Morgan fingerprint density at radius 1 is 1.54 bits per heavy atom. The smallest absolute Gasteiger partial charge is 0.113 e. The molecule has 0 saturated heterocycles. The van der Waals surface area contributed by atoms with Gasteiger partial charge in [0.2, 0.25) is 0 Å². The van der Waals surface area contributed by atoms with Crippen molar-refractivity contribution in [1.29, 1.82) is 5.26 Å². The molecule has 0 fully saturated rings. The molecule has 1 aromatic rings. The molecule has 4 nitrogen and oxygen atoms in total. The van der Waals surface area contributed by atoms with Crippen LogP contribution in [0.15, 0.2) is 29.3 Å². The second-order valence-electron chi connectivity index (χ2n) is 2.35. The van der Waals surface area contributed by atoms with Crippen molar-refractivity contribution in [1.82, 2.24) is 5.48 Å². The average molecular weight is 175 g/mol. The molecule has 1 rings (SSSR count). The maximum absolute atomic E-state index is 8.50. The number of benzene rings is 1. The third-order valence-corrected chi connectivity index (χ3v) is 1.52. The zero-order chi connectivity index (χ0) is 9.52. The second-order valence-corrected chi connectivity index (χ2v) is 2.35. The van der Waals surface area contributed by atoms with Gasteiger partial charge in [0, 0.05) is 0 Å². The van der Waals surface area contributed by atoms with Gasteiger partial charge in [-0.3, -0.25) is 10.7 Å². The maximum Gasteiger partial charge on any atom is 0.113 e. The van der Waals surface area contributed by atoms with Crippen LogP contribution in [0.3, 0.4) is 0 Å². The summed E-state index contributed by atoms with van der Waals surface area (Å²) in [5.41, 5.74) is 3.34. The van der Waals surface area contributed by atoms with Crippen molar-refractivity contribution in [2.24, 2.45) is 4.99 Å². The third kappa shape index (κ3) is 2.58. The monoisotopic (exact) mass is 175 g/mol. The molecule has 0 spiro atoms. The van der Waals surface area contributed by atoms with E-state index in [4.69, 9.17) is 10.5 Å². The predicted octanol–water partition coefficient (Wildman–Crippen LogP) is 1.39. The second kappa shape index (κ2) is 4.91. The maximum atomic E-state index is 8.50. The molecule has 66 valence electrons. The number of rotatable bonds is 3. The van der Waals surface area contributed by atoms with Crippen LogP contribution in [0.25, 0.3) is 0 Å². The lowest BCUT2D eigenvalue weighted by molar-refractivity contribution is 0.240. The number of hydroxylamine groups is 1. The summed E-state index contributed by atoms with van der Waals surface area (Å²) in [6.07, 6.45) is 1.48. The molecule has 4 heteroatoms. The molecule has 2 N–H and O–H groups in total. The average Bonchev–Trinajstić information content (AvgIpc) is 2.17. The van der Waals surface area contributed by atoms with Gasteiger partial charge in [-0.1, -0.05) is 18.2 Å². The zero-order valence-electron chi connectivity index (χ0n) is 6.94. The molecule has 0 aliphatic rings. The van der Waals surface area contributed by atoms with Crippen LogP contribution in [0, 0.1) is 11.3 Å².